The Hall–Kier alpha value is -3.18. The minimum Gasteiger partial charge on any atom is -0.443 e. The van der Waals surface area contributed by atoms with Crippen molar-refractivity contribution in [1.29, 1.82) is 0 Å². The first kappa shape index (κ1) is 41.8. The summed E-state index contributed by atoms with van der Waals surface area (Å²) in [7, 11) is -13.4. The molecule has 266 valence electrons. The fourth-order valence-electron chi connectivity index (χ4n) is 3.91. The highest BCUT2D eigenvalue weighted by Crippen LogP contribution is 2.36. The van der Waals surface area contributed by atoms with Crippen molar-refractivity contribution in [1.82, 2.24) is 5.32 Å². The summed E-state index contributed by atoms with van der Waals surface area (Å²) >= 11 is 0. The number of hydrogen-bond donors (Lipinski definition) is 1. The average Bonchev–Trinajstić information content (AvgIpc) is 2.94. The lowest BCUT2D eigenvalue weighted by Crippen LogP contribution is -2.43. The van der Waals surface area contributed by atoms with Crippen molar-refractivity contribution in [2.24, 2.45) is 0 Å². The number of alkyl carbamates (subject to hydrolysis) is 1. The van der Waals surface area contributed by atoms with Crippen LogP contribution < -0.4 is 9.88 Å². The van der Waals surface area contributed by atoms with Crippen LogP contribution in [-0.2, 0) is 43.3 Å². The number of unbranched alkanes of at least 4 members (excludes halogenated alkanes) is 5. The van der Waals surface area contributed by atoms with Gasteiger partial charge in [0.15, 0.2) is 45.6 Å². The molecule has 0 saturated carbocycles. The maximum Gasteiger partial charge on any atom is 0.480 e. The first-order valence-corrected chi connectivity index (χ1v) is 17.5. The van der Waals surface area contributed by atoms with Crippen molar-refractivity contribution in [3.63, 3.8) is 0 Å². The Balaban J connectivity index is 0.000000620. The molecular formula is C30H41F6N3O6S2. The zero-order valence-electron chi connectivity index (χ0n) is 26.6. The molecule has 0 atom stereocenters. The van der Waals surface area contributed by atoms with Crippen molar-refractivity contribution in [3.8, 4) is 0 Å². The van der Waals surface area contributed by atoms with Gasteiger partial charge in [0.1, 0.15) is 0 Å². The van der Waals surface area contributed by atoms with E-state index in [2.05, 4.69) is 54.0 Å². The van der Waals surface area contributed by atoms with Gasteiger partial charge in [-0.2, -0.15) is 26.3 Å². The van der Waals surface area contributed by atoms with Gasteiger partial charge >= 0.3 is 17.1 Å². The highest BCUT2D eigenvalue weighted by atomic mass is 32.3. The van der Waals surface area contributed by atoms with Crippen molar-refractivity contribution in [3.05, 3.63) is 76.2 Å². The number of amides is 1. The van der Waals surface area contributed by atoms with Gasteiger partial charge in [-0.05, 0) is 56.4 Å². The van der Waals surface area contributed by atoms with Crippen molar-refractivity contribution < 1.29 is 57.3 Å². The standard InChI is InChI=1S/C28H40N2O2.C2F6NO4S2/c1-6-7-8-9-10-11-13-24-16-18-30(19-17-24)20-21-32-27(31)29-28(4,5)26-15-12-14-25(22-26)23(2)3;3-1(4,5)14(10,11)9-15(12,13)2(6,7)8/h12,14-19,22H,2,6-11,13,20-21H2,1,3-5H3;/q;-1/p+1. The van der Waals surface area contributed by atoms with Crippen LogP contribution in [0, 0.1) is 0 Å². The highest BCUT2D eigenvalue weighted by molar-refractivity contribution is 8.13. The topological polar surface area (TPSA) is 125 Å². The maximum atomic E-state index is 12.3. The van der Waals surface area contributed by atoms with Gasteiger partial charge in [0.2, 0.25) is 0 Å². The number of ether oxygens (including phenoxy) is 1. The number of rotatable bonds is 15. The van der Waals surface area contributed by atoms with Gasteiger partial charge in [0.25, 0.3) is 0 Å². The number of benzene rings is 1. The third kappa shape index (κ3) is 14.6. The second-order valence-electron chi connectivity index (χ2n) is 11.1. The summed E-state index contributed by atoms with van der Waals surface area (Å²) in [4.78, 5) is 12.3. The van der Waals surface area contributed by atoms with Crippen molar-refractivity contribution >= 4 is 31.7 Å². The number of aromatic nitrogens is 1. The van der Waals surface area contributed by atoms with Crippen LogP contribution in [0.3, 0.4) is 0 Å². The Labute approximate surface area is 272 Å². The van der Waals surface area contributed by atoms with Crippen LogP contribution in [0.15, 0.2) is 55.4 Å². The van der Waals surface area contributed by atoms with E-state index in [0.717, 1.165) is 27.2 Å². The molecule has 0 bridgehead atoms. The van der Waals surface area contributed by atoms with Gasteiger partial charge in [-0.15, -0.1) is 0 Å². The van der Waals surface area contributed by atoms with E-state index in [1.165, 1.54) is 44.1 Å². The Morgan fingerprint density at radius 3 is 1.94 bits per heavy atom. The summed E-state index contributed by atoms with van der Waals surface area (Å²) in [6.07, 6.45) is 12.8. The molecule has 0 radical (unpaired) electrons. The van der Waals surface area contributed by atoms with Crippen LogP contribution in [0.25, 0.3) is 9.70 Å². The minimum absolute atomic E-state index is 0.329. The third-order valence-corrected chi connectivity index (χ3v) is 9.37. The van der Waals surface area contributed by atoms with Crippen LogP contribution >= 0.6 is 0 Å². The molecule has 17 heteroatoms. The number of nitrogens with zero attached hydrogens (tertiary/aromatic N) is 2. The Morgan fingerprint density at radius 1 is 0.894 bits per heavy atom. The highest BCUT2D eigenvalue weighted by Gasteiger charge is 2.47. The molecule has 0 aliphatic rings. The zero-order chi connectivity index (χ0) is 36.1. The van der Waals surface area contributed by atoms with Gasteiger partial charge in [-0.25, -0.2) is 26.2 Å². The van der Waals surface area contributed by atoms with Gasteiger partial charge < -0.3 is 14.2 Å². The first-order valence-electron chi connectivity index (χ1n) is 14.6. The van der Waals surface area contributed by atoms with E-state index >= 15 is 0 Å². The molecule has 2 aromatic rings. The van der Waals surface area contributed by atoms with E-state index in [9.17, 15) is 48.0 Å². The summed E-state index contributed by atoms with van der Waals surface area (Å²) in [5, 5.41) is 2.98. The van der Waals surface area contributed by atoms with E-state index in [4.69, 9.17) is 4.74 Å². The van der Waals surface area contributed by atoms with Gasteiger partial charge in [-0.3, -0.25) is 0 Å². The van der Waals surface area contributed by atoms with E-state index < -0.39 is 42.7 Å². The van der Waals surface area contributed by atoms with Gasteiger partial charge in [0.05, 0.1) is 5.54 Å². The lowest BCUT2D eigenvalue weighted by Gasteiger charge is -2.27. The number of alkyl halides is 6. The van der Waals surface area contributed by atoms with Crippen LogP contribution in [0.4, 0.5) is 31.1 Å². The van der Waals surface area contributed by atoms with Crippen molar-refractivity contribution in [2.75, 3.05) is 6.61 Å². The molecule has 0 fully saturated rings. The summed E-state index contributed by atoms with van der Waals surface area (Å²) in [5.41, 5.74) is -8.48. The molecule has 0 unspecified atom stereocenters. The summed E-state index contributed by atoms with van der Waals surface area (Å²) in [6.45, 7) is 13.1. The van der Waals surface area contributed by atoms with Gasteiger partial charge in [0, 0.05) is 12.1 Å². The van der Waals surface area contributed by atoms with Gasteiger partial charge in [-0.1, -0.05) is 69.4 Å². The SMILES string of the molecule is C=C(C)c1cccc(C(C)(C)NC(=O)OCC[n+]2ccc(CCCCCCCC)cc2)c1.O=S(=O)([N-]S(=O)(=O)C(F)(F)F)C(F)(F)F. The number of carbonyl (C=O) groups is 1. The number of allylic oxidation sites excluding steroid dienone is 1. The zero-order valence-corrected chi connectivity index (χ0v) is 28.3. The number of carbonyl (C=O) groups excluding carboxylic acids is 1. The fourth-order valence-corrected chi connectivity index (χ4v) is 5.62. The average molecular weight is 718 g/mol. The Bertz CT molecular complexity index is 1480. The van der Waals surface area contributed by atoms with Crippen LogP contribution in [0.5, 0.6) is 0 Å². The molecule has 1 heterocycles. The Kier molecular flexibility index (Phi) is 15.9. The van der Waals surface area contributed by atoms with Crippen LogP contribution in [-0.4, -0.2) is 40.6 Å². The normalized spacial score (nSPS) is 12.6. The molecule has 1 amide bonds. The number of hydrogen-bond acceptors (Lipinski definition) is 6. The number of sulfonamides is 2. The fraction of sp³-hybridized carbons (Fsp3) is 0.533. The smallest absolute Gasteiger partial charge is 0.443 e. The predicted molar refractivity (Wildman–Crippen MR) is 166 cm³/mol. The molecule has 0 saturated heterocycles. The Morgan fingerprint density at radius 2 is 1.43 bits per heavy atom. The molecule has 0 spiro atoms. The predicted octanol–water partition coefficient (Wildman–Crippen LogP) is 7.63. The minimum atomic E-state index is -6.72. The quantitative estimate of drug-likeness (QED) is 0.115. The number of pyridine rings is 1. The first-order chi connectivity index (χ1) is 21.5. The lowest BCUT2D eigenvalue weighted by molar-refractivity contribution is -0.697. The largest absolute Gasteiger partial charge is 0.480 e. The molecule has 1 aromatic heterocycles. The number of aryl methyl sites for hydroxylation is 1. The number of halogens is 6. The second-order valence-corrected chi connectivity index (χ2v) is 14.5. The van der Waals surface area contributed by atoms with Crippen LogP contribution in [0.2, 0.25) is 0 Å². The molecule has 1 aromatic carbocycles. The second kappa shape index (κ2) is 17.8. The maximum absolute atomic E-state index is 12.3. The molecule has 0 aliphatic carbocycles. The molecule has 9 nitrogen and oxygen atoms in total. The van der Waals surface area contributed by atoms with Crippen LogP contribution in [0.1, 0.15) is 82.9 Å². The number of nitrogens with one attached hydrogen (secondary N) is 1. The van der Waals surface area contributed by atoms with E-state index in [1.54, 1.807) is 0 Å². The summed E-state index contributed by atoms with van der Waals surface area (Å²) in [6, 6.07) is 12.4. The molecular weight excluding hydrogens is 676 g/mol. The molecule has 2 rings (SSSR count). The van der Waals surface area contributed by atoms with E-state index in [0.29, 0.717) is 13.2 Å². The van der Waals surface area contributed by atoms with Crippen molar-refractivity contribution in [2.45, 2.75) is 95.7 Å². The molecule has 47 heavy (non-hydrogen) atoms. The lowest BCUT2D eigenvalue weighted by atomic mass is 9.92. The molecule has 0 aliphatic heterocycles. The third-order valence-electron chi connectivity index (χ3n) is 6.63. The molecule has 1 N–H and O–H groups in total. The van der Waals surface area contributed by atoms with E-state index in [-0.39, 0.29) is 0 Å². The van der Waals surface area contributed by atoms with E-state index in [1.807, 2.05) is 39.0 Å². The summed E-state index contributed by atoms with van der Waals surface area (Å²) < 4.78 is 117. The monoisotopic (exact) mass is 717 g/mol. The summed E-state index contributed by atoms with van der Waals surface area (Å²) in [5.74, 6) is 0.